The molecule has 1 aromatic rings. The van der Waals surface area contributed by atoms with Gasteiger partial charge in [0.15, 0.2) is 0 Å². The second kappa shape index (κ2) is 5.26. The standard InChI is InChI=1S/C14H19NO3/c1-15-7-11-3-2-4-14(13(11)8-15)18-10-12-9-16-5-6-17-12/h2-4,12H,5-10H2,1H3. The Labute approximate surface area is 107 Å². The molecule has 4 nitrogen and oxygen atoms in total. The van der Waals surface area contributed by atoms with E-state index >= 15 is 0 Å². The van der Waals surface area contributed by atoms with Crippen molar-refractivity contribution in [3.63, 3.8) is 0 Å². The normalized spacial score (nSPS) is 23.9. The molecule has 0 saturated carbocycles. The minimum absolute atomic E-state index is 0.0636. The van der Waals surface area contributed by atoms with E-state index in [1.54, 1.807) is 0 Å². The summed E-state index contributed by atoms with van der Waals surface area (Å²) in [4.78, 5) is 2.29. The van der Waals surface area contributed by atoms with Crippen molar-refractivity contribution >= 4 is 0 Å². The average molecular weight is 249 g/mol. The Morgan fingerprint density at radius 3 is 3.11 bits per heavy atom. The largest absolute Gasteiger partial charge is 0.490 e. The summed E-state index contributed by atoms with van der Waals surface area (Å²) in [6.45, 7) is 4.55. The Hall–Kier alpha value is -1.10. The Kier molecular flexibility index (Phi) is 3.50. The lowest BCUT2D eigenvalue weighted by Gasteiger charge is -2.23. The van der Waals surface area contributed by atoms with Crippen LogP contribution in [-0.4, -0.2) is 44.5 Å². The Morgan fingerprint density at radius 2 is 2.28 bits per heavy atom. The van der Waals surface area contributed by atoms with Crippen LogP contribution in [0.25, 0.3) is 0 Å². The van der Waals surface area contributed by atoms with Gasteiger partial charge in [-0.15, -0.1) is 0 Å². The van der Waals surface area contributed by atoms with Crippen molar-refractivity contribution in [3.05, 3.63) is 29.3 Å². The summed E-state index contributed by atoms with van der Waals surface area (Å²) in [5.41, 5.74) is 2.69. The third kappa shape index (κ3) is 2.51. The fourth-order valence-corrected chi connectivity index (χ4v) is 2.51. The van der Waals surface area contributed by atoms with Crippen LogP contribution in [0.5, 0.6) is 5.75 Å². The number of fused-ring (bicyclic) bond motifs is 1. The summed E-state index contributed by atoms with van der Waals surface area (Å²) in [6, 6.07) is 6.28. The molecule has 0 aliphatic carbocycles. The van der Waals surface area contributed by atoms with Crippen molar-refractivity contribution < 1.29 is 14.2 Å². The molecule has 0 amide bonds. The predicted molar refractivity (Wildman–Crippen MR) is 67.7 cm³/mol. The molecule has 0 bridgehead atoms. The molecule has 18 heavy (non-hydrogen) atoms. The van der Waals surface area contributed by atoms with Gasteiger partial charge in [-0.25, -0.2) is 0 Å². The first-order chi connectivity index (χ1) is 8.83. The fraction of sp³-hybridized carbons (Fsp3) is 0.571. The molecule has 2 aliphatic heterocycles. The maximum absolute atomic E-state index is 5.90. The average Bonchev–Trinajstić information content (AvgIpc) is 2.78. The molecule has 3 rings (SSSR count). The molecule has 0 spiro atoms. The van der Waals surface area contributed by atoms with E-state index in [1.807, 2.05) is 6.07 Å². The first kappa shape index (κ1) is 12.0. The lowest BCUT2D eigenvalue weighted by Crippen LogP contribution is -2.33. The van der Waals surface area contributed by atoms with Gasteiger partial charge in [0.25, 0.3) is 0 Å². The minimum Gasteiger partial charge on any atom is -0.490 e. The quantitative estimate of drug-likeness (QED) is 0.811. The molecular weight excluding hydrogens is 230 g/mol. The van der Waals surface area contributed by atoms with Crippen LogP contribution in [0.15, 0.2) is 18.2 Å². The van der Waals surface area contributed by atoms with E-state index in [0.29, 0.717) is 26.4 Å². The molecule has 1 aromatic carbocycles. The number of benzene rings is 1. The minimum atomic E-state index is 0.0636. The van der Waals surface area contributed by atoms with Gasteiger partial charge in [-0.1, -0.05) is 12.1 Å². The van der Waals surface area contributed by atoms with E-state index < -0.39 is 0 Å². The zero-order chi connectivity index (χ0) is 12.4. The van der Waals surface area contributed by atoms with E-state index in [4.69, 9.17) is 14.2 Å². The van der Waals surface area contributed by atoms with Gasteiger partial charge in [-0.2, -0.15) is 0 Å². The summed E-state index contributed by atoms with van der Waals surface area (Å²) < 4.78 is 16.9. The number of rotatable bonds is 3. The summed E-state index contributed by atoms with van der Waals surface area (Å²) in [5, 5.41) is 0. The third-order valence-electron chi connectivity index (χ3n) is 3.41. The van der Waals surface area contributed by atoms with Crippen molar-refractivity contribution in [1.29, 1.82) is 0 Å². The van der Waals surface area contributed by atoms with E-state index in [9.17, 15) is 0 Å². The Bertz CT molecular complexity index is 416. The molecule has 0 radical (unpaired) electrons. The SMILES string of the molecule is CN1Cc2cccc(OCC3COCCO3)c2C1. The van der Waals surface area contributed by atoms with Gasteiger partial charge in [0, 0.05) is 18.7 Å². The maximum Gasteiger partial charge on any atom is 0.124 e. The molecule has 2 heterocycles. The van der Waals surface area contributed by atoms with Crippen LogP contribution >= 0.6 is 0 Å². The van der Waals surface area contributed by atoms with Crippen LogP contribution in [0.2, 0.25) is 0 Å². The lowest BCUT2D eigenvalue weighted by atomic mass is 10.1. The monoisotopic (exact) mass is 249 g/mol. The van der Waals surface area contributed by atoms with Crippen LogP contribution < -0.4 is 4.74 Å². The van der Waals surface area contributed by atoms with Gasteiger partial charge >= 0.3 is 0 Å². The second-order valence-electron chi connectivity index (χ2n) is 4.94. The molecule has 0 aromatic heterocycles. The molecular formula is C14H19NO3. The van der Waals surface area contributed by atoms with Crippen LogP contribution in [0.4, 0.5) is 0 Å². The van der Waals surface area contributed by atoms with E-state index in [1.165, 1.54) is 11.1 Å². The van der Waals surface area contributed by atoms with E-state index in [0.717, 1.165) is 18.8 Å². The van der Waals surface area contributed by atoms with Gasteiger partial charge in [-0.3, -0.25) is 4.90 Å². The third-order valence-corrected chi connectivity index (χ3v) is 3.41. The number of hydrogen-bond acceptors (Lipinski definition) is 4. The number of hydrogen-bond donors (Lipinski definition) is 0. The topological polar surface area (TPSA) is 30.9 Å². The van der Waals surface area contributed by atoms with Gasteiger partial charge in [0.1, 0.15) is 18.5 Å². The maximum atomic E-state index is 5.90. The first-order valence-corrected chi connectivity index (χ1v) is 6.44. The molecule has 2 aliphatic rings. The lowest BCUT2D eigenvalue weighted by molar-refractivity contribution is -0.101. The highest BCUT2D eigenvalue weighted by molar-refractivity contribution is 5.42. The number of nitrogens with zero attached hydrogens (tertiary/aromatic N) is 1. The van der Waals surface area contributed by atoms with Crippen LogP contribution in [0.1, 0.15) is 11.1 Å². The number of ether oxygens (including phenoxy) is 3. The van der Waals surface area contributed by atoms with Gasteiger partial charge in [-0.05, 0) is 18.7 Å². The fourth-order valence-electron chi connectivity index (χ4n) is 2.51. The zero-order valence-electron chi connectivity index (χ0n) is 10.7. The van der Waals surface area contributed by atoms with Crippen molar-refractivity contribution in [2.75, 3.05) is 33.5 Å². The molecule has 98 valence electrons. The summed E-state index contributed by atoms with van der Waals surface area (Å²) in [5.74, 6) is 0.992. The van der Waals surface area contributed by atoms with Crippen molar-refractivity contribution in [1.82, 2.24) is 4.90 Å². The molecule has 0 N–H and O–H groups in total. The summed E-state index contributed by atoms with van der Waals surface area (Å²) in [6.07, 6.45) is 0.0636. The second-order valence-corrected chi connectivity index (χ2v) is 4.94. The zero-order valence-corrected chi connectivity index (χ0v) is 10.7. The van der Waals surface area contributed by atoms with Crippen LogP contribution in [0.3, 0.4) is 0 Å². The van der Waals surface area contributed by atoms with Crippen LogP contribution in [-0.2, 0) is 22.6 Å². The predicted octanol–water partition coefficient (Wildman–Crippen LogP) is 1.43. The van der Waals surface area contributed by atoms with Crippen molar-refractivity contribution in [3.8, 4) is 5.75 Å². The first-order valence-electron chi connectivity index (χ1n) is 6.44. The van der Waals surface area contributed by atoms with Crippen LogP contribution in [0, 0.1) is 0 Å². The summed E-state index contributed by atoms with van der Waals surface area (Å²) in [7, 11) is 2.13. The molecule has 1 unspecified atom stereocenters. The molecule has 1 fully saturated rings. The summed E-state index contributed by atoms with van der Waals surface area (Å²) >= 11 is 0. The van der Waals surface area contributed by atoms with Gasteiger partial charge in [0.05, 0.1) is 19.8 Å². The smallest absolute Gasteiger partial charge is 0.124 e. The van der Waals surface area contributed by atoms with Gasteiger partial charge in [0.2, 0.25) is 0 Å². The van der Waals surface area contributed by atoms with Crippen molar-refractivity contribution in [2.24, 2.45) is 0 Å². The van der Waals surface area contributed by atoms with Gasteiger partial charge < -0.3 is 14.2 Å². The highest BCUT2D eigenvalue weighted by Gasteiger charge is 2.21. The Balaban J connectivity index is 1.64. The Morgan fingerprint density at radius 1 is 1.33 bits per heavy atom. The molecule has 1 atom stereocenters. The van der Waals surface area contributed by atoms with E-state index in [2.05, 4.69) is 24.1 Å². The van der Waals surface area contributed by atoms with Crippen molar-refractivity contribution in [2.45, 2.75) is 19.2 Å². The highest BCUT2D eigenvalue weighted by Crippen LogP contribution is 2.30. The highest BCUT2D eigenvalue weighted by atomic mass is 16.6. The van der Waals surface area contributed by atoms with E-state index in [-0.39, 0.29) is 6.10 Å². The molecule has 4 heteroatoms. The molecule has 1 saturated heterocycles.